The van der Waals surface area contributed by atoms with Crippen molar-refractivity contribution in [2.24, 2.45) is 11.7 Å². The molecule has 1 aromatic carbocycles. The van der Waals surface area contributed by atoms with Crippen LogP contribution < -0.4 is 5.73 Å². The fraction of sp³-hybridized carbons (Fsp3) is 0.571. The van der Waals surface area contributed by atoms with E-state index in [1.807, 2.05) is 18.2 Å². The third-order valence-corrected chi connectivity index (χ3v) is 3.72. The molecule has 0 spiro atoms. The van der Waals surface area contributed by atoms with Crippen molar-refractivity contribution in [3.63, 3.8) is 0 Å². The van der Waals surface area contributed by atoms with E-state index in [2.05, 4.69) is 13.8 Å². The van der Waals surface area contributed by atoms with E-state index in [1.165, 1.54) is 12.8 Å². The van der Waals surface area contributed by atoms with Gasteiger partial charge in [0.15, 0.2) is 0 Å². The van der Waals surface area contributed by atoms with Crippen LogP contribution in [0.5, 0.6) is 0 Å². The minimum Gasteiger partial charge on any atom is -0.327 e. The maximum absolute atomic E-state index is 6.16. The van der Waals surface area contributed by atoms with Crippen LogP contribution in [0, 0.1) is 5.92 Å². The van der Waals surface area contributed by atoms with Crippen LogP contribution in [-0.2, 0) is 6.42 Å². The molecule has 2 atom stereocenters. The summed E-state index contributed by atoms with van der Waals surface area (Å²) in [5, 5.41) is 1.44. The maximum Gasteiger partial charge on any atom is 0.0453 e. The smallest absolute Gasteiger partial charge is 0.0453 e. The third-order valence-electron chi connectivity index (χ3n) is 3.01. The van der Waals surface area contributed by atoms with Crippen LogP contribution in [0.4, 0.5) is 0 Å². The molecule has 0 radical (unpaired) electrons. The normalized spacial score (nSPS) is 14.6. The number of rotatable bonds is 6. The molecule has 0 amide bonds. The largest absolute Gasteiger partial charge is 0.327 e. The first kappa shape index (κ1) is 14.8. The van der Waals surface area contributed by atoms with Crippen molar-refractivity contribution < 1.29 is 0 Å². The van der Waals surface area contributed by atoms with E-state index >= 15 is 0 Å². The van der Waals surface area contributed by atoms with Crippen molar-refractivity contribution in [3.8, 4) is 0 Å². The fourth-order valence-electron chi connectivity index (χ4n) is 2.20. The Morgan fingerprint density at radius 1 is 1.24 bits per heavy atom. The number of halogens is 2. The number of hydrogen-bond acceptors (Lipinski definition) is 1. The van der Waals surface area contributed by atoms with E-state index in [-0.39, 0.29) is 6.04 Å². The van der Waals surface area contributed by atoms with Crippen LogP contribution in [-0.4, -0.2) is 6.04 Å². The second-order valence-corrected chi connectivity index (χ2v) is 5.61. The van der Waals surface area contributed by atoms with Crippen LogP contribution in [0.3, 0.4) is 0 Å². The van der Waals surface area contributed by atoms with Crippen LogP contribution in [0.25, 0.3) is 0 Å². The summed E-state index contributed by atoms with van der Waals surface area (Å²) in [6.07, 6.45) is 4.21. The average Bonchev–Trinajstić information content (AvgIpc) is 2.24. The summed E-state index contributed by atoms with van der Waals surface area (Å²) in [7, 11) is 0. The van der Waals surface area contributed by atoms with Gasteiger partial charge in [-0.05, 0) is 36.5 Å². The molecule has 0 saturated carbocycles. The SMILES string of the molecule is CCCC(C)CC(N)Cc1c(Cl)cccc1Cl. The molecule has 1 rings (SSSR count). The minimum absolute atomic E-state index is 0.133. The Morgan fingerprint density at radius 2 is 1.82 bits per heavy atom. The fourth-order valence-corrected chi connectivity index (χ4v) is 2.75. The summed E-state index contributed by atoms with van der Waals surface area (Å²) >= 11 is 12.3. The Hall–Kier alpha value is -0.240. The van der Waals surface area contributed by atoms with Gasteiger partial charge in [0.2, 0.25) is 0 Å². The van der Waals surface area contributed by atoms with Crippen LogP contribution in [0.15, 0.2) is 18.2 Å². The molecular formula is C14H21Cl2N. The molecule has 0 heterocycles. The highest BCUT2D eigenvalue weighted by atomic mass is 35.5. The van der Waals surface area contributed by atoms with E-state index in [4.69, 9.17) is 28.9 Å². The van der Waals surface area contributed by atoms with Crippen molar-refractivity contribution in [1.29, 1.82) is 0 Å². The lowest BCUT2D eigenvalue weighted by molar-refractivity contribution is 0.431. The average molecular weight is 274 g/mol. The molecule has 0 aromatic heterocycles. The summed E-state index contributed by atoms with van der Waals surface area (Å²) in [5.74, 6) is 0.663. The van der Waals surface area contributed by atoms with Crippen LogP contribution in [0.2, 0.25) is 10.0 Å². The van der Waals surface area contributed by atoms with Gasteiger partial charge in [0, 0.05) is 16.1 Å². The Kier molecular flexibility index (Phi) is 6.32. The molecule has 0 aliphatic rings. The van der Waals surface area contributed by atoms with E-state index < -0.39 is 0 Å². The molecule has 0 fully saturated rings. The van der Waals surface area contributed by atoms with Gasteiger partial charge in [-0.1, -0.05) is 56.0 Å². The number of benzene rings is 1. The van der Waals surface area contributed by atoms with E-state index in [0.717, 1.165) is 28.5 Å². The molecule has 2 N–H and O–H groups in total. The number of hydrogen-bond donors (Lipinski definition) is 1. The van der Waals surface area contributed by atoms with Crippen molar-refractivity contribution in [1.82, 2.24) is 0 Å². The lowest BCUT2D eigenvalue weighted by atomic mass is 9.94. The predicted molar refractivity (Wildman–Crippen MR) is 76.8 cm³/mol. The van der Waals surface area contributed by atoms with Gasteiger partial charge in [-0.25, -0.2) is 0 Å². The maximum atomic E-state index is 6.16. The molecule has 96 valence electrons. The molecule has 3 heteroatoms. The van der Waals surface area contributed by atoms with E-state index in [9.17, 15) is 0 Å². The van der Waals surface area contributed by atoms with Gasteiger partial charge >= 0.3 is 0 Å². The monoisotopic (exact) mass is 273 g/mol. The van der Waals surface area contributed by atoms with Gasteiger partial charge in [-0.15, -0.1) is 0 Å². The summed E-state index contributed by atoms with van der Waals surface area (Å²) in [4.78, 5) is 0. The lowest BCUT2D eigenvalue weighted by Crippen LogP contribution is -2.25. The summed E-state index contributed by atoms with van der Waals surface area (Å²) < 4.78 is 0. The predicted octanol–water partition coefficient (Wildman–Crippen LogP) is 4.69. The zero-order chi connectivity index (χ0) is 12.8. The van der Waals surface area contributed by atoms with Crippen molar-refractivity contribution in [2.75, 3.05) is 0 Å². The Balaban J connectivity index is 2.59. The Bertz CT molecular complexity index is 332. The molecule has 2 unspecified atom stereocenters. The molecule has 0 bridgehead atoms. The number of nitrogens with two attached hydrogens (primary N) is 1. The molecule has 17 heavy (non-hydrogen) atoms. The van der Waals surface area contributed by atoms with Crippen molar-refractivity contribution in [2.45, 2.75) is 45.6 Å². The van der Waals surface area contributed by atoms with Gasteiger partial charge in [0.1, 0.15) is 0 Å². The quantitative estimate of drug-likeness (QED) is 0.800. The summed E-state index contributed by atoms with van der Waals surface area (Å²) in [5.41, 5.74) is 7.14. The van der Waals surface area contributed by atoms with Crippen molar-refractivity contribution >= 4 is 23.2 Å². The molecular weight excluding hydrogens is 253 g/mol. The summed E-state index contributed by atoms with van der Waals surface area (Å²) in [6.45, 7) is 4.45. The highest BCUT2D eigenvalue weighted by molar-refractivity contribution is 6.35. The molecule has 0 aliphatic heterocycles. The topological polar surface area (TPSA) is 26.0 Å². The standard InChI is InChI=1S/C14H21Cl2N/c1-3-5-10(2)8-11(17)9-12-13(15)6-4-7-14(12)16/h4,6-7,10-11H,3,5,8-9,17H2,1-2H3. The first-order valence-corrected chi connectivity index (χ1v) is 6.98. The second kappa shape index (κ2) is 7.25. The van der Waals surface area contributed by atoms with Gasteiger partial charge < -0.3 is 5.73 Å². The highest BCUT2D eigenvalue weighted by Gasteiger charge is 2.13. The third kappa shape index (κ3) is 4.87. The molecule has 1 nitrogen and oxygen atoms in total. The van der Waals surface area contributed by atoms with Gasteiger partial charge in [-0.3, -0.25) is 0 Å². The second-order valence-electron chi connectivity index (χ2n) is 4.79. The van der Waals surface area contributed by atoms with E-state index in [0.29, 0.717) is 5.92 Å². The molecule has 0 saturated heterocycles. The van der Waals surface area contributed by atoms with Gasteiger partial charge in [0.25, 0.3) is 0 Å². The zero-order valence-electron chi connectivity index (χ0n) is 10.5. The zero-order valence-corrected chi connectivity index (χ0v) is 12.1. The molecule has 0 aliphatic carbocycles. The van der Waals surface area contributed by atoms with Crippen LogP contribution in [0.1, 0.15) is 38.7 Å². The first-order chi connectivity index (χ1) is 8.04. The highest BCUT2D eigenvalue weighted by Crippen LogP contribution is 2.26. The van der Waals surface area contributed by atoms with Crippen LogP contribution >= 0.6 is 23.2 Å². The lowest BCUT2D eigenvalue weighted by Gasteiger charge is -2.18. The Labute approximate surface area is 114 Å². The first-order valence-electron chi connectivity index (χ1n) is 6.23. The Morgan fingerprint density at radius 3 is 2.35 bits per heavy atom. The molecule has 1 aromatic rings. The van der Waals surface area contributed by atoms with Crippen molar-refractivity contribution in [3.05, 3.63) is 33.8 Å². The van der Waals surface area contributed by atoms with Gasteiger partial charge in [0.05, 0.1) is 0 Å². The van der Waals surface area contributed by atoms with Gasteiger partial charge in [-0.2, -0.15) is 0 Å². The minimum atomic E-state index is 0.133. The van der Waals surface area contributed by atoms with E-state index in [1.54, 1.807) is 0 Å². The summed E-state index contributed by atoms with van der Waals surface area (Å²) in [6, 6.07) is 5.73.